The van der Waals surface area contributed by atoms with Crippen molar-refractivity contribution in [2.24, 2.45) is 0 Å². The van der Waals surface area contributed by atoms with Crippen molar-refractivity contribution in [1.29, 1.82) is 5.26 Å². The van der Waals surface area contributed by atoms with E-state index in [1.54, 1.807) is 28.7 Å². The van der Waals surface area contributed by atoms with Gasteiger partial charge in [-0.1, -0.05) is 0 Å². The van der Waals surface area contributed by atoms with Crippen molar-refractivity contribution in [2.45, 2.75) is 6.61 Å². The Kier molecular flexibility index (Phi) is 3.57. The van der Waals surface area contributed by atoms with Crippen LogP contribution in [-0.2, 0) is 0 Å². The number of alkyl halides is 2. The first-order chi connectivity index (χ1) is 6.54. The van der Waals surface area contributed by atoms with Crippen LogP contribution in [0.3, 0.4) is 0 Å². The number of nitrogens with zero attached hydrogens (tertiary/aromatic N) is 1. The minimum Gasteiger partial charge on any atom is -0.433 e. The van der Waals surface area contributed by atoms with E-state index in [1.165, 1.54) is 0 Å². The van der Waals surface area contributed by atoms with Crippen LogP contribution in [0.5, 0.6) is 5.75 Å². The molecule has 0 unspecified atom stereocenters. The van der Waals surface area contributed by atoms with E-state index < -0.39 is 12.4 Å². The first kappa shape index (κ1) is 11.1. The van der Waals surface area contributed by atoms with E-state index in [2.05, 4.69) is 4.74 Å². The van der Waals surface area contributed by atoms with Gasteiger partial charge < -0.3 is 4.74 Å². The maximum absolute atomic E-state index is 12.9. The molecule has 1 aromatic carbocycles. The van der Waals surface area contributed by atoms with Crippen molar-refractivity contribution in [2.75, 3.05) is 0 Å². The smallest absolute Gasteiger partial charge is 0.387 e. The maximum Gasteiger partial charge on any atom is 0.387 e. The zero-order valence-electron chi connectivity index (χ0n) is 6.60. The first-order valence-corrected chi connectivity index (χ1v) is 4.46. The van der Waals surface area contributed by atoms with E-state index in [1.807, 2.05) is 0 Å². The van der Waals surface area contributed by atoms with Crippen molar-refractivity contribution in [3.63, 3.8) is 0 Å². The second-order valence-corrected chi connectivity index (χ2v) is 3.41. The molecule has 0 fully saturated rings. The molecule has 1 rings (SSSR count). The molecule has 74 valence electrons. The lowest BCUT2D eigenvalue weighted by molar-refractivity contribution is -0.0501. The fourth-order valence-electron chi connectivity index (χ4n) is 0.809. The van der Waals surface area contributed by atoms with Gasteiger partial charge in [0, 0.05) is 0 Å². The van der Waals surface area contributed by atoms with Crippen molar-refractivity contribution < 1.29 is 17.9 Å². The van der Waals surface area contributed by atoms with Crippen LogP contribution in [0.15, 0.2) is 12.1 Å². The number of benzene rings is 1. The maximum atomic E-state index is 12.9. The Morgan fingerprint density at radius 2 is 2.07 bits per heavy atom. The molecule has 0 atom stereocenters. The zero-order chi connectivity index (χ0) is 10.7. The molecule has 0 aromatic heterocycles. The normalized spacial score (nSPS) is 10.0. The SMILES string of the molecule is N#Cc1cc(F)c(I)cc1OC(F)F. The summed E-state index contributed by atoms with van der Waals surface area (Å²) >= 11 is 1.62. The standard InChI is InChI=1S/C8H3F3INO/c9-5-1-4(3-13)7(2-6(5)12)14-8(10)11/h1-2,8H. The van der Waals surface area contributed by atoms with Gasteiger partial charge in [0.05, 0.1) is 9.13 Å². The second-order valence-electron chi connectivity index (χ2n) is 2.25. The molecular formula is C8H3F3INO. The topological polar surface area (TPSA) is 33.0 Å². The molecule has 0 aliphatic heterocycles. The zero-order valence-corrected chi connectivity index (χ0v) is 8.76. The van der Waals surface area contributed by atoms with Crippen molar-refractivity contribution in [3.05, 3.63) is 27.1 Å². The van der Waals surface area contributed by atoms with Crippen LogP contribution in [0.1, 0.15) is 5.56 Å². The van der Waals surface area contributed by atoms with Crippen molar-refractivity contribution >= 4 is 22.6 Å². The summed E-state index contributed by atoms with van der Waals surface area (Å²) in [5, 5.41) is 8.50. The summed E-state index contributed by atoms with van der Waals surface area (Å²) in [4.78, 5) is 0. The van der Waals surface area contributed by atoms with Crippen LogP contribution in [0, 0.1) is 20.7 Å². The summed E-state index contributed by atoms with van der Waals surface area (Å²) in [7, 11) is 0. The van der Waals surface area contributed by atoms with Crippen LogP contribution in [0.25, 0.3) is 0 Å². The molecule has 0 saturated carbocycles. The Hall–Kier alpha value is -0.970. The summed E-state index contributed by atoms with van der Waals surface area (Å²) in [6, 6.07) is 3.48. The van der Waals surface area contributed by atoms with Gasteiger partial charge in [-0.05, 0) is 34.7 Å². The minimum absolute atomic E-state index is 0.122. The predicted molar refractivity (Wildman–Crippen MR) is 50.5 cm³/mol. The monoisotopic (exact) mass is 313 g/mol. The van der Waals surface area contributed by atoms with Crippen molar-refractivity contribution in [3.8, 4) is 11.8 Å². The van der Waals surface area contributed by atoms with Crippen LogP contribution < -0.4 is 4.74 Å². The lowest BCUT2D eigenvalue weighted by Gasteiger charge is -2.06. The molecule has 0 aliphatic carbocycles. The minimum atomic E-state index is -3.02. The average Bonchev–Trinajstić information content (AvgIpc) is 2.10. The number of rotatable bonds is 2. The summed E-state index contributed by atoms with van der Waals surface area (Å²) < 4.78 is 40.7. The van der Waals surface area contributed by atoms with E-state index in [9.17, 15) is 13.2 Å². The number of ether oxygens (including phenoxy) is 1. The van der Waals surface area contributed by atoms with Crippen LogP contribution in [0.4, 0.5) is 13.2 Å². The van der Waals surface area contributed by atoms with Gasteiger partial charge in [0.15, 0.2) is 0 Å². The first-order valence-electron chi connectivity index (χ1n) is 3.38. The van der Waals surface area contributed by atoms with E-state index in [-0.39, 0.29) is 14.9 Å². The second kappa shape index (κ2) is 4.50. The van der Waals surface area contributed by atoms with Gasteiger partial charge in [-0.3, -0.25) is 0 Å². The van der Waals surface area contributed by atoms with Gasteiger partial charge >= 0.3 is 6.61 Å². The van der Waals surface area contributed by atoms with Gasteiger partial charge in [-0.2, -0.15) is 14.0 Å². The van der Waals surface area contributed by atoms with Crippen molar-refractivity contribution in [1.82, 2.24) is 0 Å². The molecule has 14 heavy (non-hydrogen) atoms. The Labute approximate surface area is 91.4 Å². The average molecular weight is 313 g/mol. The third kappa shape index (κ3) is 2.51. The third-order valence-corrected chi connectivity index (χ3v) is 2.19. The van der Waals surface area contributed by atoms with Gasteiger partial charge in [-0.25, -0.2) is 4.39 Å². The highest BCUT2D eigenvalue weighted by Crippen LogP contribution is 2.25. The van der Waals surface area contributed by atoms with Gasteiger partial charge in [-0.15, -0.1) is 0 Å². The molecule has 0 N–H and O–H groups in total. The number of nitriles is 1. The van der Waals surface area contributed by atoms with Gasteiger partial charge in [0.1, 0.15) is 17.6 Å². The summed E-state index contributed by atoms with van der Waals surface area (Å²) in [5.41, 5.74) is -0.247. The highest BCUT2D eigenvalue weighted by molar-refractivity contribution is 14.1. The van der Waals surface area contributed by atoms with Gasteiger partial charge in [0.25, 0.3) is 0 Å². The van der Waals surface area contributed by atoms with Crippen LogP contribution >= 0.6 is 22.6 Å². The molecule has 0 spiro atoms. The summed E-state index contributed by atoms with van der Waals surface area (Å²) in [6.45, 7) is -3.02. The Morgan fingerprint density at radius 1 is 1.43 bits per heavy atom. The molecular weight excluding hydrogens is 310 g/mol. The van der Waals surface area contributed by atoms with E-state index >= 15 is 0 Å². The predicted octanol–water partition coefficient (Wildman–Crippen LogP) is 2.90. The van der Waals surface area contributed by atoms with Gasteiger partial charge in [0.2, 0.25) is 0 Å². The quantitative estimate of drug-likeness (QED) is 0.787. The number of halogens is 4. The highest BCUT2D eigenvalue weighted by atomic mass is 127. The highest BCUT2D eigenvalue weighted by Gasteiger charge is 2.12. The largest absolute Gasteiger partial charge is 0.433 e. The Morgan fingerprint density at radius 3 is 2.57 bits per heavy atom. The lowest BCUT2D eigenvalue weighted by atomic mass is 10.2. The van der Waals surface area contributed by atoms with E-state index in [0.29, 0.717) is 0 Å². The van der Waals surface area contributed by atoms with E-state index in [0.717, 1.165) is 12.1 Å². The third-order valence-electron chi connectivity index (χ3n) is 1.36. The summed E-state index contributed by atoms with van der Waals surface area (Å²) in [5.74, 6) is -0.947. The number of hydrogen-bond donors (Lipinski definition) is 0. The fourth-order valence-corrected chi connectivity index (χ4v) is 1.25. The summed E-state index contributed by atoms with van der Waals surface area (Å²) in [6.07, 6.45) is 0. The molecule has 2 nitrogen and oxygen atoms in total. The van der Waals surface area contributed by atoms with Crippen LogP contribution in [-0.4, -0.2) is 6.61 Å². The Bertz CT molecular complexity index is 389. The molecule has 0 radical (unpaired) electrons. The lowest BCUT2D eigenvalue weighted by Crippen LogP contribution is -2.04. The molecule has 0 bridgehead atoms. The molecule has 0 saturated heterocycles. The molecule has 6 heteroatoms. The molecule has 0 aliphatic rings. The fraction of sp³-hybridized carbons (Fsp3) is 0.125. The van der Waals surface area contributed by atoms with E-state index in [4.69, 9.17) is 5.26 Å². The van der Waals surface area contributed by atoms with Crippen LogP contribution in [0.2, 0.25) is 0 Å². The molecule has 0 amide bonds. The Balaban J connectivity index is 3.15. The molecule has 1 aromatic rings. The molecule has 0 heterocycles. The number of hydrogen-bond acceptors (Lipinski definition) is 2.